The number of nitrogens with zero attached hydrogens (tertiary/aromatic N) is 2. The molecule has 2 aromatic rings. The third-order valence-corrected chi connectivity index (χ3v) is 4.74. The summed E-state index contributed by atoms with van der Waals surface area (Å²) in [6, 6.07) is 9.54. The van der Waals surface area contributed by atoms with Crippen LogP contribution in [-0.2, 0) is 4.84 Å². The van der Waals surface area contributed by atoms with E-state index in [2.05, 4.69) is 28.8 Å². The number of carbonyl (C=O) groups excluding carboxylic acids is 1. The van der Waals surface area contributed by atoms with Gasteiger partial charge < -0.3 is 9.25 Å². The molecule has 25 heavy (non-hydrogen) atoms. The topological polar surface area (TPSA) is 67.1 Å². The molecule has 6 heteroatoms. The van der Waals surface area contributed by atoms with Crippen molar-refractivity contribution < 1.29 is 14.0 Å². The lowest BCUT2D eigenvalue weighted by molar-refractivity contribution is -0.106. The van der Waals surface area contributed by atoms with E-state index in [9.17, 15) is 4.79 Å². The number of aryl methyl sites for hydroxylation is 2. The van der Waals surface area contributed by atoms with Crippen LogP contribution in [0, 0.1) is 13.8 Å². The molecule has 0 atom stereocenters. The Hall–Kier alpha value is -2.76. The largest absolute Gasteiger partial charge is 0.459 e. The maximum absolute atomic E-state index is 12.6. The number of hydrogen-bond donors (Lipinski definition) is 1. The van der Waals surface area contributed by atoms with Crippen molar-refractivity contribution in [2.45, 2.75) is 45.3 Å². The van der Waals surface area contributed by atoms with Gasteiger partial charge in [-0.2, -0.15) is 0 Å². The summed E-state index contributed by atoms with van der Waals surface area (Å²) in [5.74, 6) is 0.590. The fourth-order valence-corrected chi connectivity index (χ4v) is 3.65. The number of oxime groups is 1. The maximum atomic E-state index is 12.6. The highest BCUT2D eigenvalue weighted by Gasteiger charge is 2.49. The zero-order valence-corrected chi connectivity index (χ0v) is 14.4. The van der Waals surface area contributed by atoms with Gasteiger partial charge >= 0.3 is 5.91 Å². The van der Waals surface area contributed by atoms with Crippen molar-refractivity contribution in [3.8, 4) is 0 Å². The number of amides is 1. The molecular formula is C19H21N3O3. The summed E-state index contributed by atoms with van der Waals surface area (Å²) in [5, 5.41) is 6.13. The molecular weight excluding hydrogens is 318 g/mol. The summed E-state index contributed by atoms with van der Waals surface area (Å²) in [7, 11) is 0. The molecule has 1 aromatic heterocycles. The Balaban J connectivity index is 1.69. The molecule has 6 nitrogen and oxygen atoms in total. The zero-order chi connectivity index (χ0) is 17.4. The number of rotatable bonds is 3. The van der Waals surface area contributed by atoms with E-state index < -0.39 is 5.72 Å². The lowest BCUT2D eigenvalue weighted by atomic mass is 10.1. The minimum atomic E-state index is -0.602. The zero-order valence-electron chi connectivity index (χ0n) is 14.4. The number of hydrazine groups is 1. The number of furan rings is 1. The summed E-state index contributed by atoms with van der Waals surface area (Å²) in [6.45, 7) is 4.09. The van der Waals surface area contributed by atoms with Gasteiger partial charge in [0.1, 0.15) is 0 Å². The Morgan fingerprint density at radius 1 is 1.20 bits per heavy atom. The third kappa shape index (κ3) is 2.77. The Morgan fingerprint density at radius 3 is 2.56 bits per heavy atom. The molecule has 2 aliphatic rings. The summed E-state index contributed by atoms with van der Waals surface area (Å²) in [5.41, 5.74) is 5.56. The van der Waals surface area contributed by atoms with Crippen molar-refractivity contribution >= 4 is 11.7 Å². The second-order valence-corrected chi connectivity index (χ2v) is 6.79. The highest BCUT2D eigenvalue weighted by Crippen LogP contribution is 2.40. The second kappa shape index (κ2) is 5.95. The van der Waals surface area contributed by atoms with E-state index in [-0.39, 0.29) is 11.7 Å². The normalized spacial score (nSPS) is 18.3. The van der Waals surface area contributed by atoms with Gasteiger partial charge in [0.05, 0.1) is 6.26 Å². The lowest BCUT2D eigenvalue weighted by Gasteiger charge is -2.33. The van der Waals surface area contributed by atoms with Crippen molar-refractivity contribution in [2.75, 3.05) is 0 Å². The molecule has 1 fully saturated rings. The van der Waals surface area contributed by atoms with E-state index in [0.717, 1.165) is 42.4 Å². The van der Waals surface area contributed by atoms with Crippen LogP contribution in [0.15, 0.2) is 46.2 Å². The molecule has 4 rings (SSSR count). The summed E-state index contributed by atoms with van der Waals surface area (Å²) in [6.07, 6.45) is 5.22. The number of benzene rings is 1. The van der Waals surface area contributed by atoms with E-state index >= 15 is 0 Å². The van der Waals surface area contributed by atoms with Gasteiger partial charge in [0.25, 0.3) is 0 Å². The Labute approximate surface area is 146 Å². The molecule has 1 aromatic carbocycles. The molecule has 1 aliphatic carbocycles. The van der Waals surface area contributed by atoms with Gasteiger partial charge in [0.15, 0.2) is 11.6 Å². The molecule has 1 saturated carbocycles. The first kappa shape index (κ1) is 15.7. The van der Waals surface area contributed by atoms with Crippen LogP contribution in [0.2, 0.25) is 0 Å². The number of hydrogen-bond acceptors (Lipinski definition) is 5. The van der Waals surface area contributed by atoms with Crippen LogP contribution in [0.3, 0.4) is 0 Å². The quantitative estimate of drug-likeness (QED) is 0.929. The fourth-order valence-electron chi connectivity index (χ4n) is 3.65. The highest BCUT2D eigenvalue weighted by molar-refractivity contribution is 6.02. The molecule has 1 N–H and O–H groups in total. The Bertz CT molecular complexity index is 800. The highest BCUT2D eigenvalue weighted by atomic mass is 16.7. The van der Waals surface area contributed by atoms with Crippen molar-refractivity contribution in [3.05, 3.63) is 59.0 Å². The molecule has 1 aliphatic heterocycles. The molecule has 0 bridgehead atoms. The van der Waals surface area contributed by atoms with Gasteiger partial charge in [-0.15, -0.1) is 0 Å². The first-order valence-corrected chi connectivity index (χ1v) is 8.57. The van der Waals surface area contributed by atoms with Gasteiger partial charge in [-0.3, -0.25) is 10.2 Å². The average Bonchev–Trinajstić information content (AvgIpc) is 3.31. The van der Waals surface area contributed by atoms with Crippen LogP contribution in [-0.4, -0.2) is 22.5 Å². The van der Waals surface area contributed by atoms with Crippen molar-refractivity contribution in [1.82, 2.24) is 10.4 Å². The molecule has 2 heterocycles. The number of carbonyl (C=O) groups is 1. The molecule has 1 spiro atoms. The third-order valence-electron chi connectivity index (χ3n) is 4.74. The van der Waals surface area contributed by atoms with Crippen LogP contribution in [0.5, 0.6) is 0 Å². The van der Waals surface area contributed by atoms with Crippen LogP contribution in [0.4, 0.5) is 0 Å². The number of nitrogens with one attached hydrogen (secondary N) is 1. The maximum Gasteiger partial charge on any atom is 0.305 e. The number of amidine groups is 1. The molecule has 1 amide bonds. The van der Waals surface area contributed by atoms with E-state index in [0.29, 0.717) is 5.84 Å². The van der Waals surface area contributed by atoms with Crippen LogP contribution >= 0.6 is 0 Å². The van der Waals surface area contributed by atoms with Crippen molar-refractivity contribution in [2.24, 2.45) is 5.16 Å². The smallest absolute Gasteiger partial charge is 0.305 e. The second-order valence-electron chi connectivity index (χ2n) is 6.79. The summed E-state index contributed by atoms with van der Waals surface area (Å²) < 4.78 is 5.22. The van der Waals surface area contributed by atoms with Gasteiger partial charge in [-0.25, -0.2) is 5.01 Å². The standard InChI is InChI=1S/C19H21N3O3/c1-13-10-14(2)12-15(11-13)17-21-25-19(7-3-4-8-19)22(17)20-18(23)16-6-5-9-24-16/h5-6,9-12H,3-4,7-8H2,1-2H3,(H,20,23). The molecule has 0 radical (unpaired) electrons. The predicted molar refractivity (Wildman–Crippen MR) is 92.8 cm³/mol. The van der Waals surface area contributed by atoms with Gasteiger partial charge in [0.2, 0.25) is 5.72 Å². The van der Waals surface area contributed by atoms with Crippen LogP contribution < -0.4 is 5.43 Å². The van der Waals surface area contributed by atoms with Gasteiger partial charge in [0, 0.05) is 18.4 Å². The van der Waals surface area contributed by atoms with E-state index in [4.69, 9.17) is 9.25 Å². The van der Waals surface area contributed by atoms with Crippen molar-refractivity contribution in [3.63, 3.8) is 0 Å². The Morgan fingerprint density at radius 2 is 1.92 bits per heavy atom. The summed E-state index contributed by atoms with van der Waals surface area (Å²) in [4.78, 5) is 18.4. The first-order valence-electron chi connectivity index (χ1n) is 8.57. The lowest BCUT2D eigenvalue weighted by Crippen LogP contribution is -2.56. The SMILES string of the molecule is Cc1cc(C)cc(C2=NOC3(CCCC3)N2NC(=O)c2ccco2)c1. The molecule has 0 unspecified atom stereocenters. The summed E-state index contributed by atoms with van der Waals surface area (Å²) >= 11 is 0. The van der Waals surface area contributed by atoms with Crippen LogP contribution in [0.25, 0.3) is 0 Å². The minimum Gasteiger partial charge on any atom is -0.459 e. The van der Waals surface area contributed by atoms with E-state index in [1.165, 1.54) is 6.26 Å². The van der Waals surface area contributed by atoms with E-state index in [1.807, 2.05) is 13.8 Å². The van der Waals surface area contributed by atoms with E-state index in [1.54, 1.807) is 17.1 Å². The van der Waals surface area contributed by atoms with Gasteiger partial charge in [-0.1, -0.05) is 22.3 Å². The molecule has 130 valence electrons. The molecule has 0 saturated heterocycles. The monoisotopic (exact) mass is 339 g/mol. The fraction of sp³-hybridized carbons (Fsp3) is 0.368. The predicted octanol–water partition coefficient (Wildman–Crippen LogP) is 3.51. The van der Waals surface area contributed by atoms with Gasteiger partial charge in [-0.05, 0) is 51.0 Å². The first-order chi connectivity index (χ1) is 12.1. The van der Waals surface area contributed by atoms with Crippen molar-refractivity contribution in [1.29, 1.82) is 0 Å². The average molecular weight is 339 g/mol. The van der Waals surface area contributed by atoms with Crippen LogP contribution in [0.1, 0.15) is 52.9 Å². The Kier molecular flexibility index (Phi) is 3.75. The minimum absolute atomic E-state index is 0.264.